The van der Waals surface area contributed by atoms with Crippen molar-refractivity contribution in [2.24, 2.45) is 5.84 Å². The van der Waals surface area contributed by atoms with Crippen LogP contribution in [0.4, 0.5) is 11.8 Å². The number of nitrogens with two attached hydrogens (primary N) is 1. The number of rotatable bonds is 4. The fourth-order valence-electron chi connectivity index (χ4n) is 1.31. The summed E-state index contributed by atoms with van der Waals surface area (Å²) in [6, 6.07) is 0. The van der Waals surface area contributed by atoms with Gasteiger partial charge in [0.1, 0.15) is 5.02 Å². The zero-order valence-corrected chi connectivity index (χ0v) is 10.8. The molecule has 0 bridgehead atoms. The molecule has 2 heterocycles. The van der Waals surface area contributed by atoms with Crippen LogP contribution in [0.1, 0.15) is 11.1 Å². The number of halogens is 1. The minimum absolute atomic E-state index is 0.332. The molecular formula is C10H12ClN5S. The summed E-state index contributed by atoms with van der Waals surface area (Å²) >= 11 is 7.65. The molecule has 0 atom stereocenters. The van der Waals surface area contributed by atoms with Gasteiger partial charge in [-0.2, -0.15) is 16.3 Å². The summed E-state index contributed by atoms with van der Waals surface area (Å²) in [5, 5.41) is 7.83. The number of anilines is 2. The number of hydrogen-bond acceptors (Lipinski definition) is 6. The monoisotopic (exact) mass is 269 g/mol. The molecule has 4 N–H and O–H groups in total. The summed E-state index contributed by atoms with van der Waals surface area (Å²) in [6.45, 7) is 2.75. The van der Waals surface area contributed by atoms with Crippen molar-refractivity contribution in [2.75, 3.05) is 10.7 Å². The molecule has 0 aliphatic rings. The minimum atomic E-state index is 0.332. The number of aryl methyl sites for hydroxylation is 1. The van der Waals surface area contributed by atoms with Crippen LogP contribution in [-0.2, 0) is 6.54 Å². The van der Waals surface area contributed by atoms with Gasteiger partial charge < -0.3 is 5.32 Å². The first kappa shape index (κ1) is 12.1. The van der Waals surface area contributed by atoms with E-state index in [-0.39, 0.29) is 0 Å². The van der Waals surface area contributed by atoms with E-state index in [1.165, 1.54) is 17.3 Å². The molecule has 0 fully saturated rings. The summed E-state index contributed by atoms with van der Waals surface area (Å²) in [5.74, 6) is 6.14. The number of nitrogens with one attached hydrogen (secondary N) is 2. The molecule has 0 amide bonds. The van der Waals surface area contributed by atoms with Gasteiger partial charge in [-0.15, -0.1) is 0 Å². The second kappa shape index (κ2) is 5.31. The fraction of sp³-hybridized carbons (Fsp3) is 0.200. The zero-order chi connectivity index (χ0) is 12.3. The Morgan fingerprint density at radius 3 is 2.94 bits per heavy atom. The Labute approximate surface area is 108 Å². The predicted octanol–water partition coefficient (Wildman–Crippen LogP) is 2.40. The van der Waals surface area contributed by atoms with E-state index in [0.29, 0.717) is 23.3 Å². The largest absolute Gasteiger partial charge is 0.365 e. The van der Waals surface area contributed by atoms with Gasteiger partial charge in [-0.25, -0.2) is 10.8 Å². The molecule has 7 heteroatoms. The first-order valence-corrected chi connectivity index (χ1v) is 6.27. The molecular weight excluding hydrogens is 258 g/mol. The molecule has 0 aliphatic carbocycles. The van der Waals surface area contributed by atoms with E-state index in [4.69, 9.17) is 17.4 Å². The maximum absolute atomic E-state index is 5.98. The van der Waals surface area contributed by atoms with E-state index in [1.54, 1.807) is 11.3 Å². The van der Waals surface area contributed by atoms with Crippen molar-refractivity contribution < 1.29 is 0 Å². The smallest absolute Gasteiger partial charge is 0.239 e. The van der Waals surface area contributed by atoms with E-state index in [1.807, 2.05) is 0 Å². The Bertz CT molecular complexity index is 513. The third-order valence-electron chi connectivity index (χ3n) is 2.28. The number of aromatic nitrogens is 2. The molecule has 5 nitrogen and oxygen atoms in total. The Morgan fingerprint density at radius 2 is 2.29 bits per heavy atom. The Hall–Kier alpha value is -1.37. The van der Waals surface area contributed by atoms with Crippen LogP contribution >= 0.6 is 22.9 Å². The summed E-state index contributed by atoms with van der Waals surface area (Å²) < 4.78 is 0. The van der Waals surface area contributed by atoms with Crippen LogP contribution in [-0.4, -0.2) is 9.97 Å². The van der Waals surface area contributed by atoms with Crippen molar-refractivity contribution in [2.45, 2.75) is 13.5 Å². The lowest BCUT2D eigenvalue weighted by atomic mass is 10.2. The highest BCUT2D eigenvalue weighted by molar-refractivity contribution is 7.08. The second-order valence-corrected chi connectivity index (χ2v) is 4.62. The normalized spacial score (nSPS) is 10.3. The molecule has 0 aromatic carbocycles. The maximum Gasteiger partial charge on any atom is 0.239 e. The summed E-state index contributed by atoms with van der Waals surface area (Å²) in [7, 11) is 0. The number of hydrogen-bond donors (Lipinski definition) is 3. The van der Waals surface area contributed by atoms with Crippen LogP contribution in [0.5, 0.6) is 0 Å². The van der Waals surface area contributed by atoms with E-state index < -0.39 is 0 Å². The highest BCUT2D eigenvalue weighted by atomic mass is 35.5. The van der Waals surface area contributed by atoms with Gasteiger partial charge in [-0.05, 0) is 28.8 Å². The van der Waals surface area contributed by atoms with Gasteiger partial charge >= 0.3 is 0 Å². The van der Waals surface area contributed by atoms with Crippen molar-refractivity contribution in [1.82, 2.24) is 9.97 Å². The summed E-state index contributed by atoms with van der Waals surface area (Å²) in [4.78, 5) is 8.04. The molecule has 0 unspecified atom stereocenters. The molecule has 0 spiro atoms. The average Bonchev–Trinajstić information content (AvgIpc) is 2.74. The summed E-state index contributed by atoms with van der Waals surface area (Å²) in [6.07, 6.45) is 1.51. The van der Waals surface area contributed by atoms with Crippen LogP contribution in [0.2, 0.25) is 5.02 Å². The number of thiophene rings is 1. The highest BCUT2D eigenvalue weighted by Crippen LogP contribution is 2.21. The molecule has 0 aliphatic heterocycles. The van der Waals surface area contributed by atoms with Gasteiger partial charge in [0.2, 0.25) is 5.95 Å². The third-order valence-corrected chi connectivity index (χ3v) is 3.47. The van der Waals surface area contributed by atoms with Crippen LogP contribution in [0.15, 0.2) is 17.0 Å². The van der Waals surface area contributed by atoms with Crippen molar-refractivity contribution >= 4 is 34.7 Å². The van der Waals surface area contributed by atoms with Gasteiger partial charge in [0.25, 0.3) is 0 Å². The minimum Gasteiger partial charge on any atom is -0.365 e. The van der Waals surface area contributed by atoms with Crippen molar-refractivity contribution in [3.63, 3.8) is 0 Å². The molecule has 90 valence electrons. The van der Waals surface area contributed by atoms with Crippen LogP contribution < -0.4 is 16.6 Å². The van der Waals surface area contributed by atoms with Gasteiger partial charge in [-0.1, -0.05) is 11.6 Å². The standard InChI is InChI=1S/C10H12ClN5S/c1-6-4-17-5-7(6)2-13-9-8(11)3-14-10(15-9)16-12/h3-5H,2,12H2,1H3,(H2,13,14,15,16). The predicted molar refractivity (Wildman–Crippen MR) is 71.2 cm³/mol. The Morgan fingerprint density at radius 1 is 1.47 bits per heavy atom. The van der Waals surface area contributed by atoms with Crippen molar-refractivity contribution in [1.29, 1.82) is 0 Å². The van der Waals surface area contributed by atoms with Gasteiger partial charge in [0.15, 0.2) is 5.82 Å². The molecule has 17 heavy (non-hydrogen) atoms. The van der Waals surface area contributed by atoms with Crippen molar-refractivity contribution in [3.8, 4) is 0 Å². The lowest BCUT2D eigenvalue weighted by Gasteiger charge is -2.08. The second-order valence-electron chi connectivity index (χ2n) is 3.47. The highest BCUT2D eigenvalue weighted by Gasteiger charge is 2.05. The van der Waals surface area contributed by atoms with Crippen LogP contribution in [0.25, 0.3) is 0 Å². The SMILES string of the molecule is Cc1cscc1CNc1nc(NN)ncc1Cl. The maximum atomic E-state index is 5.98. The molecule has 0 saturated carbocycles. The van der Waals surface area contributed by atoms with Gasteiger partial charge in [0, 0.05) is 6.54 Å². The van der Waals surface area contributed by atoms with Gasteiger partial charge in [0.05, 0.1) is 6.20 Å². The van der Waals surface area contributed by atoms with E-state index in [2.05, 4.69) is 38.4 Å². The van der Waals surface area contributed by atoms with Gasteiger partial charge in [-0.3, -0.25) is 5.43 Å². The van der Waals surface area contributed by atoms with Crippen LogP contribution in [0.3, 0.4) is 0 Å². The molecule has 2 rings (SSSR count). The van der Waals surface area contributed by atoms with E-state index in [0.717, 1.165) is 0 Å². The molecule has 2 aromatic heterocycles. The topological polar surface area (TPSA) is 75.9 Å². The average molecular weight is 270 g/mol. The number of nitrogens with zero attached hydrogens (tertiary/aromatic N) is 2. The first-order chi connectivity index (χ1) is 8.20. The lowest BCUT2D eigenvalue weighted by Crippen LogP contribution is -2.12. The zero-order valence-electron chi connectivity index (χ0n) is 9.20. The Balaban J connectivity index is 2.11. The first-order valence-electron chi connectivity index (χ1n) is 4.95. The number of nitrogen functional groups attached to an aromatic ring is 1. The molecule has 2 aromatic rings. The third kappa shape index (κ3) is 2.85. The molecule has 0 saturated heterocycles. The van der Waals surface area contributed by atoms with Crippen molar-refractivity contribution in [3.05, 3.63) is 33.1 Å². The number of hydrazine groups is 1. The fourth-order valence-corrected chi connectivity index (χ4v) is 2.32. The summed E-state index contributed by atoms with van der Waals surface area (Å²) in [5.41, 5.74) is 4.86. The molecule has 0 radical (unpaired) electrons. The van der Waals surface area contributed by atoms with Crippen LogP contribution in [0, 0.1) is 6.92 Å². The lowest BCUT2D eigenvalue weighted by molar-refractivity contribution is 1.06. The quantitative estimate of drug-likeness (QED) is 0.587. The van der Waals surface area contributed by atoms with E-state index in [9.17, 15) is 0 Å². The Kier molecular flexibility index (Phi) is 3.78. The van der Waals surface area contributed by atoms with E-state index >= 15 is 0 Å².